The van der Waals surface area contributed by atoms with Crippen LogP contribution in [-0.4, -0.2) is 63.7 Å². The summed E-state index contributed by atoms with van der Waals surface area (Å²) in [5.74, 6) is 1.78. The minimum Gasteiger partial charge on any atom is -0.488 e. The number of nitrogens with one attached hydrogen (secondary N) is 1. The quantitative estimate of drug-likeness (QED) is 0.699. The first-order valence-corrected chi connectivity index (χ1v) is 11.2. The average Bonchev–Trinajstić information content (AvgIpc) is 3.24. The largest absolute Gasteiger partial charge is 0.488 e. The van der Waals surface area contributed by atoms with Gasteiger partial charge in [-0.3, -0.25) is 4.79 Å². The van der Waals surface area contributed by atoms with Crippen LogP contribution in [0.25, 0.3) is 0 Å². The zero-order chi connectivity index (χ0) is 21.6. The van der Waals surface area contributed by atoms with E-state index in [-0.39, 0.29) is 11.7 Å². The van der Waals surface area contributed by atoms with E-state index in [0.29, 0.717) is 25.9 Å². The number of hydrogen-bond acceptors (Lipinski definition) is 6. The molecule has 7 nitrogen and oxygen atoms in total. The summed E-state index contributed by atoms with van der Waals surface area (Å²) in [6, 6.07) is 12.5. The van der Waals surface area contributed by atoms with Crippen molar-refractivity contribution in [3.05, 3.63) is 52.3 Å². The molecule has 2 aliphatic heterocycles. The molecule has 7 heteroatoms. The van der Waals surface area contributed by atoms with E-state index in [1.807, 2.05) is 19.1 Å². The van der Waals surface area contributed by atoms with E-state index >= 15 is 0 Å². The molecule has 0 bridgehead atoms. The molecule has 2 fully saturated rings. The summed E-state index contributed by atoms with van der Waals surface area (Å²) in [7, 11) is 1.68. The Hall–Kier alpha value is -2.51. The third-order valence-electron chi connectivity index (χ3n) is 6.01. The van der Waals surface area contributed by atoms with Gasteiger partial charge in [0, 0.05) is 50.6 Å². The van der Waals surface area contributed by atoms with Gasteiger partial charge in [0.2, 0.25) is 0 Å². The molecule has 2 aromatic rings. The van der Waals surface area contributed by atoms with Crippen molar-refractivity contribution in [3.63, 3.8) is 0 Å². The number of methoxy groups -OCH3 is 1. The molecule has 0 radical (unpaired) electrons. The Morgan fingerprint density at radius 2 is 1.94 bits per heavy atom. The lowest BCUT2D eigenvalue weighted by Crippen LogP contribution is -2.37. The second-order valence-corrected chi connectivity index (χ2v) is 8.41. The van der Waals surface area contributed by atoms with Crippen molar-refractivity contribution in [2.75, 3.05) is 56.4 Å². The summed E-state index contributed by atoms with van der Waals surface area (Å²) in [6.45, 7) is 6.59. The zero-order valence-electron chi connectivity index (χ0n) is 18.5. The van der Waals surface area contributed by atoms with Crippen molar-refractivity contribution >= 4 is 11.5 Å². The van der Waals surface area contributed by atoms with E-state index in [1.54, 1.807) is 13.2 Å². The predicted octanol–water partition coefficient (Wildman–Crippen LogP) is 2.84. The molecule has 1 aromatic carbocycles. The van der Waals surface area contributed by atoms with Gasteiger partial charge in [0.25, 0.3) is 5.56 Å². The summed E-state index contributed by atoms with van der Waals surface area (Å²) in [4.78, 5) is 20.0. The fourth-order valence-electron chi connectivity index (χ4n) is 4.52. The highest BCUT2D eigenvalue weighted by atomic mass is 16.5. The monoisotopic (exact) mass is 427 g/mol. The lowest BCUT2D eigenvalue weighted by atomic mass is 10.0. The van der Waals surface area contributed by atoms with Gasteiger partial charge in [-0.1, -0.05) is 12.1 Å². The maximum atomic E-state index is 12.4. The molecule has 0 amide bonds. The molecule has 2 saturated heterocycles. The third kappa shape index (κ3) is 5.60. The van der Waals surface area contributed by atoms with E-state index in [9.17, 15) is 4.79 Å². The molecule has 31 heavy (non-hydrogen) atoms. The van der Waals surface area contributed by atoms with E-state index < -0.39 is 0 Å². The van der Waals surface area contributed by atoms with Crippen LogP contribution < -0.4 is 20.1 Å². The molecular weight excluding hydrogens is 394 g/mol. The molecule has 0 unspecified atom stereocenters. The number of H-pyrrole nitrogens is 1. The van der Waals surface area contributed by atoms with Gasteiger partial charge < -0.3 is 29.0 Å². The van der Waals surface area contributed by atoms with E-state index in [4.69, 9.17) is 14.2 Å². The summed E-state index contributed by atoms with van der Waals surface area (Å²) in [5, 5.41) is 0. The van der Waals surface area contributed by atoms with Crippen molar-refractivity contribution in [2.45, 2.75) is 38.3 Å². The highest BCUT2D eigenvalue weighted by Crippen LogP contribution is 2.29. The third-order valence-corrected chi connectivity index (χ3v) is 6.01. The molecule has 4 rings (SSSR count). The summed E-state index contributed by atoms with van der Waals surface area (Å²) in [5.41, 5.74) is 2.21. The second-order valence-electron chi connectivity index (χ2n) is 8.41. The van der Waals surface area contributed by atoms with Crippen LogP contribution in [-0.2, 0) is 15.9 Å². The van der Waals surface area contributed by atoms with Gasteiger partial charge in [0.15, 0.2) is 0 Å². The van der Waals surface area contributed by atoms with Crippen molar-refractivity contribution in [1.29, 1.82) is 0 Å². The lowest BCUT2D eigenvalue weighted by molar-refractivity contribution is 0.0921. The smallest absolute Gasteiger partial charge is 0.251 e. The minimum absolute atomic E-state index is 0.0248. The lowest BCUT2D eigenvalue weighted by Gasteiger charge is -2.31. The number of aromatic nitrogens is 1. The number of nitrogens with zero attached hydrogens (tertiary/aromatic N) is 2. The number of hydrogen-bond donors (Lipinski definition) is 1. The Morgan fingerprint density at radius 1 is 1.16 bits per heavy atom. The Bertz CT molecular complexity index is 892. The highest BCUT2D eigenvalue weighted by molar-refractivity contribution is 5.56. The van der Waals surface area contributed by atoms with Crippen LogP contribution in [0, 0.1) is 0 Å². The molecule has 3 heterocycles. The number of rotatable bonds is 8. The molecule has 1 N–H and O–H groups in total. The molecule has 1 aromatic heterocycles. The maximum absolute atomic E-state index is 12.4. The van der Waals surface area contributed by atoms with E-state index in [0.717, 1.165) is 56.2 Å². The van der Waals surface area contributed by atoms with Gasteiger partial charge in [-0.25, -0.2) is 0 Å². The fraction of sp³-hybridized carbons (Fsp3) is 0.542. The Balaban J connectivity index is 1.44. The number of anilines is 2. The molecule has 168 valence electrons. The van der Waals surface area contributed by atoms with Gasteiger partial charge in [-0.2, -0.15) is 0 Å². The normalized spacial score (nSPS) is 20.1. The molecule has 0 spiro atoms. The number of benzene rings is 1. The summed E-state index contributed by atoms with van der Waals surface area (Å²) < 4.78 is 16.5. The van der Waals surface area contributed by atoms with Crippen molar-refractivity contribution in [3.8, 4) is 5.75 Å². The van der Waals surface area contributed by atoms with Gasteiger partial charge in [-0.05, 0) is 43.9 Å². The number of ether oxygens (including phenoxy) is 3. The van der Waals surface area contributed by atoms with Gasteiger partial charge in [-0.15, -0.1) is 0 Å². The van der Waals surface area contributed by atoms with Gasteiger partial charge in [0.05, 0.1) is 19.8 Å². The van der Waals surface area contributed by atoms with Crippen LogP contribution in [0.2, 0.25) is 0 Å². The minimum atomic E-state index is -0.0451. The molecule has 0 aliphatic carbocycles. The molecule has 2 atom stereocenters. The zero-order valence-corrected chi connectivity index (χ0v) is 18.5. The second kappa shape index (κ2) is 10.2. The van der Waals surface area contributed by atoms with E-state index in [2.05, 4.69) is 33.0 Å². The maximum Gasteiger partial charge on any atom is 0.251 e. The molecule has 2 aliphatic rings. The van der Waals surface area contributed by atoms with E-state index in [1.165, 1.54) is 5.56 Å². The number of aromatic amines is 1. The SMILES string of the molecule is COC[C@@H](C)Oc1ccc(C[C@H]2CCCN2c2cc(N3CCOCC3)cc(=O)[nH]2)cc1. The molecular formula is C24H33N3O4. The summed E-state index contributed by atoms with van der Waals surface area (Å²) in [6.07, 6.45) is 3.21. The first-order valence-electron chi connectivity index (χ1n) is 11.2. The first-order chi connectivity index (χ1) is 15.1. The highest BCUT2D eigenvalue weighted by Gasteiger charge is 2.26. The predicted molar refractivity (Wildman–Crippen MR) is 123 cm³/mol. The van der Waals surface area contributed by atoms with Crippen molar-refractivity contribution in [2.24, 2.45) is 0 Å². The van der Waals surface area contributed by atoms with Crippen LogP contribution in [0.4, 0.5) is 11.5 Å². The van der Waals surface area contributed by atoms with Crippen LogP contribution >= 0.6 is 0 Å². The van der Waals surface area contributed by atoms with Crippen molar-refractivity contribution in [1.82, 2.24) is 4.98 Å². The number of morpholine rings is 1. The van der Waals surface area contributed by atoms with Gasteiger partial charge >= 0.3 is 0 Å². The Labute approximate surface area is 183 Å². The van der Waals surface area contributed by atoms with Crippen LogP contribution in [0.15, 0.2) is 41.2 Å². The summed E-state index contributed by atoms with van der Waals surface area (Å²) >= 11 is 0. The number of pyridine rings is 1. The Morgan fingerprint density at radius 3 is 2.68 bits per heavy atom. The average molecular weight is 428 g/mol. The molecule has 0 saturated carbocycles. The topological polar surface area (TPSA) is 67.0 Å². The van der Waals surface area contributed by atoms with Gasteiger partial charge in [0.1, 0.15) is 17.7 Å². The van der Waals surface area contributed by atoms with Crippen LogP contribution in [0.3, 0.4) is 0 Å². The Kier molecular flexibility index (Phi) is 7.14. The first kappa shape index (κ1) is 21.7. The van der Waals surface area contributed by atoms with Crippen molar-refractivity contribution < 1.29 is 14.2 Å². The van der Waals surface area contributed by atoms with Crippen LogP contribution in [0.5, 0.6) is 5.75 Å². The fourth-order valence-corrected chi connectivity index (χ4v) is 4.52. The standard InChI is InChI=1S/C24H33N3O4/c1-18(17-29-2)31-22-7-5-19(6-8-22)14-20-4-3-9-27(20)23-15-21(16-24(28)25-23)26-10-12-30-13-11-26/h5-8,15-16,18,20H,3-4,9-14,17H2,1-2H3,(H,25,28)/t18-,20-/m1/s1. The van der Waals surface area contributed by atoms with Crippen LogP contribution in [0.1, 0.15) is 25.3 Å².